The minimum absolute atomic E-state index is 0.0499. The van der Waals surface area contributed by atoms with Gasteiger partial charge < -0.3 is 4.74 Å². The van der Waals surface area contributed by atoms with Gasteiger partial charge in [0.25, 0.3) is 0 Å². The Balaban J connectivity index is 1.88. The van der Waals surface area contributed by atoms with Crippen LogP contribution in [0.4, 0.5) is 0 Å². The fourth-order valence-electron chi connectivity index (χ4n) is 2.40. The molecule has 1 fully saturated rings. The van der Waals surface area contributed by atoms with Gasteiger partial charge in [0.1, 0.15) is 6.04 Å². The minimum atomic E-state index is -1.00. The Labute approximate surface area is 123 Å². The highest BCUT2D eigenvalue weighted by Crippen LogP contribution is 2.31. The van der Waals surface area contributed by atoms with Crippen molar-refractivity contribution in [3.63, 3.8) is 0 Å². The van der Waals surface area contributed by atoms with Gasteiger partial charge in [0.15, 0.2) is 0 Å². The zero-order chi connectivity index (χ0) is 14.1. The molecule has 6 heteroatoms. The van der Waals surface area contributed by atoms with Gasteiger partial charge >= 0.3 is 5.97 Å². The number of esters is 1. The van der Waals surface area contributed by atoms with E-state index in [0.717, 1.165) is 4.88 Å². The van der Waals surface area contributed by atoms with Crippen molar-refractivity contribution >= 4 is 38.2 Å². The van der Waals surface area contributed by atoms with Crippen LogP contribution in [0.15, 0.2) is 30.3 Å². The molecule has 1 saturated heterocycles. The SMILES string of the molecule is COC(=O)C1CS(=O)CC(c2cc3ccccc3s2)N1. The molecule has 106 valence electrons. The molecule has 4 nitrogen and oxygen atoms in total. The summed E-state index contributed by atoms with van der Waals surface area (Å²) in [5.74, 6) is 0.526. The third kappa shape index (κ3) is 2.63. The number of ether oxygens (including phenoxy) is 1. The number of nitrogens with one attached hydrogen (secondary N) is 1. The minimum Gasteiger partial charge on any atom is -0.468 e. The van der Waals surface area contributed by atoms with Crippen molar-refractivity contribution < 1.29 is 13.7 Å². The summed E-state index contributed by atoms with van der Waals surface area (Å²) in [6.07, 6.45) is 0. The van der Waals surface area contributed by atoms with Crippen molar-refractivity contribution in [3.05, 3.63) is 35.2 Å². The van der Waals surface area contributed by atoms with Crippen molar-refractivity contribution in [3.8, 4) is 0 Å². The van der Waals surface area contributed by atoms with Crippen molar-refractivity contribution in [1.82, 2.24) is 5.32 Å². The fourth-order valence-corrected chi connectivity index (χ4v) is 5.01. The molecule has 0 radical (unpaired) electrons. The molecule has 0 spiro atoms. The van der Waals surface area contributed by atoms with E-state index in [1.165, 1.54) is 17.2 Å². The Morgan fingerprint density at radius 2 is 2.20 bits per heavy atom. The van der Waals surface area contributed by atoms with E-state index in [1.807, 2.05) is 12.1 Å². The van der Waals surface area contributed by atoms with E-state index in [0.29, 0.717) is 11.5 Å². The van der Waals surface area contributed by atoms with Crippen LogP contribution >= 0.6 is 11.3 Å². The van der Waals surface area contributed by atoms with Crippen molar-refractivity contribution in [2.75, 3.05) is 18.6 Å². The van der Waals surface area contributed by atoms with Crippen LogP contribution in [0.1, 0.15) is 10.9 Å². The van der Waals surface area contributed by atoms with Crippen molar-refractivity contribution in [1.29, 1.82) is 0 Å². The quantitative estimate of drug-likeness (QED) is 0.860. The molecule has 3 unspecified atom stereocenters. The zero-order valence-electron chi connectivity index (χ0n) is 11.0. The molecule has 2 heterocycles. The monoisotopic (exact) mass is 309 g/mol. The lowest BCUT2D eigenvalue weighted by atomic mass is 10.2. The largest absolute Gasteiger partial charge is 0.468 e. The highest BCUT2D eigenvalue weighted by molar-refractivity contribution is 7.85. The van der Waals surface area contributed by atoms with E-state index in [2.05, 4.69) is 23.5 Å². The second-order valence-electron chi connectivity index (χ2n) is 4.75. The molecule has 3 rings (SSSR count). The van der Waals surface area contributed by atoms with Gasteiger partial charge in [-0.25, -0.2) is 0 Å². The molecular formula is C14H15NO3S2. The average Bonchev–Trinajstić information content (AvgIpc) is 2.89. The van der Waals surface area contributed by atoms with Gasteiger partial charge in [-0.1, -0.05) is 18.2 Å². The normalized spacial score (nSPS) is 26.6. The highest BCUT2D eigenvalue weighted by Gasteiger charge is 2.32. The molecule has 20 heavy (non-hydrogen) atoms. The second-order valence-corrected chi connectivity index (χ2v) is 7.42. The van der Waals surface area contributed by atoms with Gasteiger partial charge in [-0.05, 0) is 17.5 Å². The molecule has 3 atom stereocenters. The number of carbonyl (C=O) groups is 1. The van der Waals surface area contributed by atoms with E-state index in [9.17, 15) is 9.00 Å². The molecule has 1 aromatic heterocycles. The summed E-state index contributed by atoms with van der Waals surface area (Å²) in [5, 5.41) is 4.44. The van der Waals surface area contributed by atoms with E-state index < -0.39 is 16.8 Å². The zero-order valence-corrected chi connectivity index (χ0v) is 12.6. The first-order valence-electron chi connectivity index (χ1n) is 6.34. The van der Waals surface area contributed by atoms with E-state index >= 15 is 0 Å². The van der Waals surface area contributed by atoms with Gasteiger partial charge in [-0.3, -0.25) is 14.3 Å². The lowest BCUT2D eigenvalue weighted by Crippen LogP contribution is -2.49. The number of benzene rings is 1. The van der Waals surface area contributed by atoms with Crippen LogP contribution in [-0.2, 0) is 20.3 Å². The van der Waals surface area contributed by atoms with Crippen LogP contribution in [0.5, 0.6) is 0 Å². The molecule has 0 bridgehead atoms. The van der Waals surface area contributed by atoms with Crippen LogP contribution in [-0.4, -0.2) is 34.8 Å². The van der Waals surface area contributed by atoms with Crippen LogP contribution < -0.4 is 5.32 Å². The Morgan fingerprint density at radius 1 is 1.40 bits per heavy atom. The maximum absolute atomic E-state index is 12.0. The molecular weight excluding hydrogens is 294 g/mol. The third-order valence-corrected chi connectivity index (χ3v) is 6.02. The predicted octanol–water partition coefficient (Wildman–Crippen LogP) is 1.84. The fraction of sp³-hybridized carbons (Fsp3) is 0.357. The first kappa shape index (κ1) is 13.7. The number of carbonyl (C=O) groups excluding carboxylic acids is 1. The molecule has 1 aliphatic rings. The number of hydrogen-bond acceptors (Lipinski definition) is 5. The summed E-state index contributed by atoms with van der Waals surface area (Å²) in [6.45, 7) is 0. The number of thiophene rings is 1. The standard InChI is InChI=1S/C14H15NO3S2/c1-18-14(16)11-8-20(17)7-10(15-11)13-6-9-4-2-3-5-12(9)19-13/h2-6,10-11,15H,7-8H2,1H3. The lowest BCUT2D eigenvalue weighted by molar-refractivity contribution is -0.142. The smallest absolute Gasteiger partial charge is 0.323 e. The van der Waals surface area contributed by atoms with Crippen LogP contribution in [0, 0.1) is 0 Å². The molecule has 2 aromatic rings. The van der Waals surface area contributed by atoms with Gasteiger partial charge in [0.05, 0.1) is 13.2 Å². The second kappa shape index (κ2) is 5.63. The summed E-state index contributed by atoms with van der Waals surface area (Å²) in [4.78, 5) is 12.8. The first-order chi connectivity index (χ1) is 9.67. The molecule has 1 N–H and O–H groups in total. The predicted molar refractivity (Wildman–Crippen MR) is 81.4 cm³/mol. The van der Waals surface area contributed by atoms with Crippen LogP contribution in [0.2, 0.25) is 0 Å². The number of hydrogen-bond donors (Lipinski definition) is 1. The maximum Gasteiger partial charge on any atom is 0.323 e. The van der Waals surface area contributed by atoms with Gasteiger partial charge in [-0.2, -0.15) is 0 Å². The highest BCUT2D eigenvalue weighted by atomic mass is 32.2. The summed E-state index contributed by atoms with van der Waals surface area (Å²) >= 11 is 1.68. The third-order valence-electron chi connectivity index (χ3n) is 3.38. The Kier molecular flexibility index (Phi) is 3.87. The molecule has 1 aliphatic heterocycles. The van der Waals surface area contributed by atoms with Gasteiger partial charge in [-0.15, -0.1) is 11.3 Å². The molecule has 0 saturated carbocycles. The van der Waals surface area contributed by atoms with Gasteiger partial charge in [0, 0.05) is 31.9 Å². The first-order valence-corrected chi connectivity index (χ1v) is 8.65. The summed E-state index contributed by atoms with van der Waals surface area (Å²) in [5.41, 5.74) is 0. The van der Waals surface area contributed by atoms with Crippen molar-refractivity contribution in [2.45, 2.75) is 12.1 Å². The van der Waals surface area contributed by atoms with Crippen LogP contribution in [0.25, 0.3) is 10.1 Å². The lowest BCUT2D eigenvalue weighted by Gasteiger charge is -2.28. The summed E-state index contributed by atoms with van der Waals surface area (Å²) in [6, 6.07) is 9.72. The number of methoxy groups -OCH3 is 1. The Bertz CT molecular complexity index is 634. The average molecular weight is 309 g/mol. The summed E-state index contributed by atoms with van der Waals surface area (Å²) < 4.78 is 17.9. The van der Waals surface area contributed by atoms with Gasteiger partial charge in [0.2, 0.25) is 0 Å². The molecule has 1 aromatic carbocycles. The number of fused-ring (bicyclic) bond motifs is 1. The van der Waals surface area contributed by atoms with Crippen LogP contribution in [0.3, 0.4) is 0 Å². The van der Waals surface area contributed by atoms with E-state index in [-0.39, 0.29) is 12.0 Å². The maximum atomic E-state index is 12.0. The molecule has 0 aliphatic carbocycles. The van der Waals surface area contributed by atoms with E-state index in [4.69, 9.17) is 4.74 Å². The summed E-state index contributed by atoms with van der Waals surface area (Å²) in [7, 11) is 0.356. The number of rotatable bonds is 2. The molecule has 0 amide bonds. The topological polar surface area (TPSA) is 55.4 Å². The Hall–Kier alpha value is -1.24. The van der Waals surface area contributed by atoms with E-state index in [1.54, 1.807) is 11.3 Å². The van der Waals surface area contributed by atoms with Crippen molar-refractivity contribution in [2.24, 2.45) is 0 Å². The Morgan fingerprint density at radius 3 is 2.95 bits per heavy atom.